The Morgan fingerprint density at radius 1 is 1.12 bits per heavy atom. The van der Waals surface area contributed by atoms with Gasteiger partial charge in [0.05, 0.1) is 5.41 Å². The number of hydrogen-bond acceptors (Lipinski definition) is 6. The first-order valence-electron chi connectivity index (χ1n) is 5.17. The summed E-state index contributed by atoms with van der Waals surface area (Å²) >= 11 is 0. The van der Waals surface area contributed by atoms with Crippen LogP contribution < -0.4 is 0 Å². The lowest BCUT2D eigenvalue weighted by Gasteiger charge is -2.20. The van der Waals surface area contributed by atoms with Gasteiger partial charge < -0.3 is 14.2 Å². The Bertz CT molecular complexity index is 302. The Kier molecular flexibility index (Phi) is 5.64. The molecule has 0 aliphatic carbocycles. The van der Waals surface area contributed by atoms with E-state index in [9.17, 15) is 14.4 Å². The number of carbonyl (C=O) groups is 3. The Labute approximate surface area is 100 Å². The van der Waals surface area contributed by atoms with Crippen molar-refractivity contribution in [2.75, 3.05) is 6.61 Å². The summed E-state index contributed by atoms with van der Waals surface area (Å²) in [5.41, 5.74) is -0.670. The third-order valence-electron chi connectivity index (χ3n) is 1.58. The summed E-state index contributed by atoms with van der Waals surface area (Å²) in [7, 11) is 0. The normalized spacial score (nSPS) is 12.5. The third-order valence-corrected chi connectivity index (χ3v) is 1.58. The van der Waals surface area contributed by atoms with Gasteiger partial charge in [-0.1, -0.05) is 0 Å². The molecule has 0 aromatic rings. The predicted molar refractivity (Wildman–Crippen MR) is 57.7 cm³/mol. The quantitative estimate of drug-likeness (QED) is 0.544. The van der Waals surface area contributed by atoms with Crippen molar-refractivity contribution < 1.29 is 28.6 Å². The topological polar surface area (TPSA) is 78.9 Å². The molecule has 0 aromatic heterocycles. The molecule has 0 saturated carbocycles. The zero-order valence-corrected chi connectivity index (χ0v) is 10.7. The molecule has 0 aliphatic heterocycles. The average molecular weight is 246 g/mol. The molecule has 0 rings (SSSR count). The Morgan fingerprint density at radius 3 is 2.06 bits per heavy atom. The van der Waals surface area contributed by atoms with Gasteiger partial charge in [-0.05, 0) is 20.8 Å². The Morgan fingerprint density at radius 2 is 1.65 bits per heavy atom. The van der Waals surface area contributed by atoms with Crippen molar-refractivity contribution in [3.05, 3.63) is 0 Å². The van der Waals surface area contributed by atoms with E-state index in [2.05, 4.69) is 4.74 Å². The number of esters is 3. The molecule has 0 spiro atoms. The van der Waals surface area contributed by atoms with E-state index in [4.69, 9.17) is 9.47 Å². The molecule has 0 saturated heterocycles. The standard InChI is InChI=1S/C11H18O6/c1-7(12)15-6-9(13)16-8(2)17-10(14)11(3,4)5/h8H,6H2,1-5H3. The lowest BCUT2D eigenvalue weighted by atomic mass is 9.97. The van der Waals surface area contributed by atoms with Crippen LogP contribution in [0.1, 0.15) is 34.6 Å². The van der Waals surface area contributed by atoms with Crippen LogP contribution in [0.5, 0.6) is 0 Å². The molecule has 17 heavy (non-hydrogen) atoms. The molecule has 1 unspecified atom stereocenters. The van der Waals surface area contributed by atoms with Crippen LogP contribution in [-0.4, -0.2) is 30.8 Å². The highest BCUT2D eigenvalue weighted by Crippen LogP contribution is 2.16. The summed E-state index contributed by atoms with van der Waals surface area (Å²) in [6.07, 6.45) is -1.01. The summed E-state index contributed by atoms with van der Waals surface area (Å²) in [6.45, 7) is 7.15. The fourth-order valence-electron chi connectivity index (χ4n) is 0.731. The second kappa shape index (κ2) is 6.22. The molecule has 0 fully saturated rings. The van der Waals surface area contributed by atoms with Crippen molar-refractivity contribution >= 4 is 17.9 Å². The molecule has 1 atom stereocenters. The molecule has 98 valence electrons. The van der Waals surface area contributed by atoms with E-state index in [0.29, 0.717) is 0 Å². The fourth-order valence-corrected chi connectivity index (χ4v) is 0.731. The van der Waals surface area contributed by atoms with E-state index in [1.54, 1.807) is 20.8 Å². The highest BCUT2D eigenvalue weighted by molar-refractivity contribution is 5.77. The predicted octanol–water partition coefficient (Wildman–Crippen LogP) is 1.03. The summed E-state index contributed by atoms with van der Waals surface area (Å²) in [5.74, 6) is -1.83. The van der Waals surface area contributed by atoms with E-state index in [1.165, 1.54) is 13.8 Å². The number of hydrogen-bond donors (Lipinski definition) is 0. The van der Waals surface area contributed by atoms with Crippen LogP contribution in [0, 0.1) is 5.41 Å². The minimum Gasteiger partial charge on any atom is -0.454 e. The maximum absolute atomic E-state index is 11.4. The van der Waals surface area contributed by atoms with Crippen molar-refractivity contribution in [2.45, 2.75) is 40.9 Å². The zero-order chi connectivity index (χ0) is 13.6. The number of carbonyl (C=O) groups excluding carboxylic acids is 3. The van der Waals surface area contributed by atoms with Gasteiger partial charge in [-0.25, -0.2) is 4.79 Å². The van der Waals surface area contributed by atoms with Crippen LogP contribution in [0.4, 0.5) is 0 Å². The van der Waals surface area contributed by atoms with Crippen molar-refractivity contribution in [1.82, 2.24) is 0 Å². The minimum absolute atomic E-state index is 0.481. The third kappa shape index (κ3) is 7.32. The van der Waals surface area contributed by atoms with Gasteiger partial charge in [0.25, 0.3) is 0 Å². The first-order chi connectivity index (χ1) is 7.62. The molecule has 0 amide bonds. The molecule has 0 heterocycles. The fraction of sp³-hybridized carbons (Fsp3) is 0.727. The van der Waals surface area contributed by atoms with Crippen molar-refractivity contribution in [1.29, 1.82) is 0 Å². The van der Waals surface area contributed by atoms with Gasteiger partial charge in [0.2, 0.25) is 6.29 Å². The van der Waals surface area contributed by atoms with E-state index >= 15 is 0 Å². The lowest BCUT2D eigenvalue weighted by molar-refractivity contribution is -0.193. The number of ether oxygens (including phenoxy) is 3. The maximum Gasteiger partial charge on any atom is 0.347 e. The first-order valence-corrected chi connectivity index (χ1v) is 5.17. The molecule has 0 aliphatic rings. The minimum atomic E-state index is -1.01. The van der Waals surface area contributed by atoms with Crippen LogP contribution in [-0.2, 0) is 28.6 Å². The van der Waals surface area contributed by atoms with Crippen molar-refractivity contribution in [3.63, 3.8) is 0 Å². The zero-order valence-electron chi connectivity index (χ0n) is 10.7. The molecule has 0 bridgehead atoms. The molecule has 0 aromatic carbocycles. The second-order valence-electron chi connectivity index (χ2n) is 4.49. The second-order valence-corrected chi connectivity index (χ2v) is 4.49. The van der Waals surface area contributed by atoms with E-state index in [0.717, 1.165) is 0 Å². The van der Waals surface area contributed by atoms with Crippen molar-refractivity contribution in [3.8, 4) is 0 Å². The molecule has 6 nitrogen and oxygen atoms in total. The largest absolute Gasteiger partial charge is 0.454 e. The number of rotatable bonds is 4. The first kappa shape index (κ1) is 15.4. The van der Waals surface area contributed by atoms with Gasteiger partial charge in [0, 0.05) is 13.8 Å². The summed E-state index contributed by atoms with van der Waals surface area (Å²) in [6, 6.07) is 0. The summed E-state index contributed by atoms with van der Waals surface area (Å²) in [5, 5.41) is 0. The van der Waals surface area contributed by atoms with Gasteiger partial charge in [0.15, 0.2) is 6.61 Å². The van der Waals surface area contributed by atoms with Gasteiger partial charge in [-0.2, -0.15) is 0 Å². The average Bonchev–Trinajstić information content (AvgIpc) is 2.12. The van der Waals surface area contributed by atoms with Crippen molar-refractivity contribution in [2.24, 2.45) is 5.41 Å². The van der Waals surface area contributed by atoms with Gasteiger partial charge in [0.1, 0.15) is 0 Å². The van der Waals surface area contributed by atoms with E-state index in [-0.39, 0.29) is 0 Å². The maximum atomic E-state index is 11.4. The molecular formula is C11H18O6. The molecule has 0 N–H and O–H groups in total. The van der Waals surface area contributed by atoms with Crippen LogP contribution in [0.15, 0.2) is 0 Å². The SMILES string of the molecule is CC(=O)OCC(=O)OC(C)OC(=O)C(C)(C)C. The highest BCUT2D eigenvalue weighted by Gasteiger charge is 2.26. The van der Waals surface area contributed by atoms with Crippen LogP contribution in [0.25, 0.3) is 0 Å². The van der Waals surface area contributed by atoms with E-state index in [1.807, 2.05) is 0 Å². The smallest absolute Gasteiger partial charge is 0.347 e. The van der Waals surface area contributed by atoms with E-state index < -0.39 is 36.2 Å². The summed E-state index contributed by atoms with van der Waals surface area (Å²) < 4.78 is 14.0. The summed E-state index contributed by atoms with van der Waals surface area (Å²) in [4.78, 5) is 32.9. The van der Waals surface area contributed by atoms with Gasteiger partial charge in [-0.3, -0.25) is 9.59 Å². The van der Waals surface area contributed by atoms with Crippen LogP contribution in [0.2, 0.25) is 0 Å². The highest BCUT2D eigenvalue weighted by atomic mass is 16.7. The van der Waals surface area contributed by atoms with Gasteiger partial charge >= 0.3 is 17.9 Å². The van der Waals surface area contributed by atoms with Crippen LogP contribution in [0.3, 0.4) is 0 Å². The van der Waals surface area contributed by atoms with Gasteiger partial charge in [-0.15, -0.1) is 0 Å². The molecule has 0 radical (unpaired) electrons. The Hall–Kier alpha value is -1.59. The Balaban J connectivity index is 4.02. The molecule has 6 heteroatoms. The van der Waals surface area contributed by atoms with Crippen LogP contribution >= 0.6 is 0 Å². The lowest BCUT2D eigenvalue weighted by Crippen LogP contribution is -2.30. The molecular weight excluding hydrogens is 228 g/mol. The monoisotopic (exact) mass is 246 g/mol.